The minimum Gasteiger partial charge on any atom is -0.336 e. The van der Waals surface area contributed by atoms with Gasteiger partial charge in [0.15, 0.2) is 5.69 Å². The van der Waals surface area contributed by atoms with Crippen LogP contribution in [0.25, 0.3) is 0 Å². The monoisotopic (exact) mass is 414 g/mol. The molecule has 3 aromatic carbocycles. The van der Waals surface area contributed by atoms with Crippen LogP contribution in [0.4, 0.5) is 5.69 Å². The molecular formula is C25H22N2O2S. The summed E-state index contributed by atoms with van der Waals surface area (Å²) in [6, 6.07) is 28.5. The lowest BCUT2D eigenvalue weighted by Gasteiger charge is -2.22. The highest BCUT2D eigenvalue weighted by Gasteiger charge is 2.20. The Morgan fingerprint density at radius 2 is 1.53 bits per heavy atom. The van der Waals surface area contributed by atoms with Gasteiger partial charge in [0.05, 0.1) is 10.7 Å². The summed E-state index contributed by atoms with van der Waals surface area (Å²) < 4.78 is 0. The van der Waals surface area contributed by atoms with Gasteiger partial charge in [-0.05, 0) is 29.2 Å². The summed E-state index contributed by atoms with van der Waals surface area (Å²) >= 11 is 1.46. The molecule has 0 aliphatic carbocycles. The number of benzene rings is 3. The van der Waals surface area contributed by atoms with Crippen molar-refractivity contribution in [2.45, 2.75) is 19.3 Å². The summed E-state index contributed by atoms with van der Waals surface area (Å²) in [4.78, 5) is 22.1. The molecule has 0 atom stereocenters. The zero-order valence-electron chi connectivity index (χ0n) is 16.6. The van der Waals surface area contributed by atoms with Gasteiger partial charge in [-0.3, -0.25) is 0 Å². The van der Waals surface area contributed by atoms with Crippen LogP contribution in [0.1, 0.15) is 45.0 Å². The number of hydrogen-bond donors (Lipinski definition) is 1. The molecule has 0 unspecified atom stereocenters. The van der Waals surface area contributed by atoms with E-state index < -0.39 is 5.97 Å². The summed E-state index contributed by atoms with van der Waals surface area (Å²) in [7, 11) is 0. The van der Waals surface area contributed by atoms with E-state index in [1.807, 2.05) is 61.5 Å². The van der Waals surface area contributed by atoms with Crippen molar-refractivity contribution >= 4 is 23.0 Å². The maximum Gasteiger partial charge on any atom is 0.381 e. The lowest BCUT2D eigenvalue weighted by Crippen LogP contribution is -2.14. The second-order valence-electron chi connectivity index (χ2n) is 6.81. The van der Waals surface area contributed by atoms with Crippen LogP contribution in [-0.4, -0.2) is 11.0 Å². The highest BCUT2D eigenvalue weighted by Crippen LogP contribution is 2.36. The number of nitrogens with one attached hydrogen (secondary N) is 1. The molecule has 4 nitrogen and oxygen atoms in total. The highest BCUT2D eigenvalue weighted by atomic mass is 32.1. The predicted octanol–water partition coefficient (Wildman–Crippen LogP) is 6.07. The summed E-state index contributed by atoms with van der Waals surface area (Å²) in [5.41, 5.74) is 7.29. The second-order valence-corrected chi connectivity index (χ2v) is 7.76. The number of aromatic nitrogens is 1. The Balaban J connectivity index is 1.64. The normalized spacial score (nSPS) is 10.7. The van der Waals surface area contributed by atoms with Gasteiger partial charge in [-0.25, -0.2) is 15.3 Å². The molecule has 1 aromatic heterocycles. The minimum absolute atomic E-state index is 0.000712. The van der Waals surface area contributed by atoms with Crippen LogP contribution in [-0.2, 0) is 11.3 Å². The number of aryl methyl sites for hydroxylation is 1. The standard InChI is InChI=1S/C25H22N2O2S/c1-2-23-26-22(17-30-23)25(28)29-27-21-16-10-9-15-20(21)24(18-11-5-3-6-12-18)19-13-7-4-8-14-19/h3-17,24,27H,2H2,1H3. The predicted molar refractivity (Wildman–Crippen MR) is 121 cm³/mol. The van der Waals surface area contributed by atoms with Crippen LogP contribution in [0.2, 0.25) is 0 Å². The first kappa shape index (κ1) is 19.9. The summed E-state index contributed by atoms with van der Waals surface area (Å²) in [5.74, 6) is -0.488. The Morgan fingerprint density at radius 1 is 0.933 bits per heavy atom. The number of para-hydroxylation sites is 1. The van der Waals surface area contributed by atoms with Crippen molar-refractivity contribution in [1.82, 2.24) is 4.98 Å². The number of rotatable bonds is 7. The molecule has 0 aliphatic heterocycles. The number of thiazole rings is 1. The Labute approximate surface area is 180 Å². The number of anilines is 1. The lowest BCUT2D eigenvalue weighted by atomic mass is 9.84. The quantitative estimate of drug-likeness (QED) is 0.295. The SMILES string of the molecule is CCc1nc(C(=O)ONc2ccccc2C(c2ccccc2)c2ccccc2)cs1. The van der Waals surface area contributed by atoms with Crippen molar-refractivity contribution in [3.63, 3.8) is 0 Å². The van der Waals surface area contributed by atoms with Gasteiger partial charge in [-0.1, -0.05) is 85.8 Å². The third-order valence-electron chi connectivity index (χ3n) is 4.85. The first-order valence-corrected chi connectivity index (χ1v) is 10.7. The molecule has 5 heteroatoms. The van der Waals surface area contributed by atoms with Gasteiger partial charge in [0.2, 0.25) is 0 Å². The van der Waals surface area contributed by atoms with Gasteiger partial charge in [-0.2, -0.15) is 0 Å². The molecule has 0 saturated heterocycles. The largest absolute Gasteiger partial charge is 0.381 e. The summed E-state index contributed by atoms with van der Waals surface area (Å²) in [6.45, 7) is 2.01. The van der Waals surface area contributed by atoms with E-state index in [1.54, 1.807) is 5.38 Å². The van der Waals surface area contributed by atoms with Crippen molar-refractivity contribution < 1.29 is 9.63 Å². The molecule has 4 aromatic rings. The van der Waals surface area contributed by atoms with Crippen LogP contribution in [0.3, 0.4) is 0 Å². The fraction of sp³-hybridized carbons (Fsp3) is 0.120. The fourth-order valence-corrected chi connectivity index (χ4v) is 4.12. The Bertz CT molecular complexity index is 1070. The molecule has 0 radical (unpaired) electrons. The molecule has 0 fully saturated rings. The summed E-state index contributed by atoms with van der Waals surface area (Å²) in [6.07, 6.45) is 0.796. The smallest absolute Gasteiger partial charge is 0.336 e. The van der Waals surface area contributed by atoms with Crippen LogP contribution in [0.5, 0.6) is 0 Å². The average Bonchev–Trinajstić information content (AvgIpc) is 3.29. The second kappa shape index (κ2) is 9.37. The van der Waals surface area contributed by atoms with Crippen molar-refractivity contribution in [1.29, 1.82) is 0 Å². The first-order valence-electron chi connectivity index (χ1n) is 9.86. The van der Waals surface area contributed by atoms with E-state index in [-0.39, 0.29) is 5.92 Å². The Morgan fingerprint density at radius 3 is 2.13 bits per heavy atom. The minimum atomic E-state index is -0.489. The van der Waals surface area contributed by atoms with Gasteiger partial charge >= 0.3 is 5.97 Å². The van der Waals surface area contributed by atoms with Crippen LogP contribution in [0, 0.1) is 0 Å². The zero-order chi connectivity index (χ0) is 20.8. The van der Waals surface area contributed by atoms with E-state index in [2.05, 4.69) is 40.8 Å². The van der Waals surface area contributed by atoms with Crippen molar-refractivity contribution in [3.8, 4) is 0 Å². The number of hydrogen-bond acceptors (Lipinski definition) is 5. The third-order valence-corrected chi connectivity index (χ3v) is 5.85. The van der Waals surface area contributed by atoms with Gasteiger partial charge < -0.3 is 4.84 Å². The highest BCUT2D eigenvalue weighted by molar-refractivity contribution is 7.09. The molecule has 4 rings (SSSR count). The topological polar surface area (TPSA) is 51.2 Å². The molecule has 0 amide bonds. The van der Waals surface area contributed by atoms with E-state index in [4.69, 9.17) is 4.84 Å². The van der Waals surface area contributed by atoms with Gasteiger partial charge in [0, 0.05) is 11.3 Å². The van der Waals surface area contributed by atoms with Gasteiger partial charge in [0.25, 0.3) is 0 Å². The molecular weight excluding hydrogens is 392 g/mol. The maximum atomic E-state index is 12.4. The fourth-order valence-electron chi connectivity index (χ4n) is 3.40. The van der Waals surface area contributed by atoms with Crippen molar-refractivity contribution in [3.05, 3.63) is 118 Å². The molecule has 150 valence electrons. The van der Waals surface area contributed by atoms with E-state index >= 15 is 0 Å². The molecule has 1 N–H and O–H groups in total. The molecule has 1 heterocycles. The van der Waals surface area contributed by atoms with E-state index in [0.29, 0.717) is 5.69 Å². The number of nitrogens with zero attached hydrogens (tertiary/aromatic N) is 1. The van der Waals surface area contributed by atoms with E-state index in [9.17, 15) is 4.79 Å². The van der Waals surface area contributed by atoms with Crippen molar-refractivity contribution in [2.24, 2.45) is 0 Å². The van der Waals surface area contributed by atoms with E-state index in [0.717, 1.165) is 33.8 Å². The molecule has 0 spiro atoms. The Hall–Kier alpha value is -3.44. The van der Waals surface area contributed by atoms with Crippen molar-refractivity contribution in [2.75, 3.05) is 5.48 Å². The average molecular weight is 415 g/mol. The number of carbonyl (C=O) groups excluding carboxylic acids is 1. The Kier molecular flexibility index (Phi) is 6.20. The van der Waals surface area contributed by atoms with Crippen LogP contribution < -0.4 is 5.48 Å². The third kappa shape index (κ3) is 4.42. The molecule has 0 saturated carbocycles. The zero-order valence-corrected chi connectivity index (χ0v) is 17.4. The summed E-state index contributed by atoms with van der Waals surface area (Å²) in [5, 5.41) is 2.64. The van der Waals surface area contributed by atoms with E-state index in [1.165, 1.54) is 11.3 Å². The molecule has 0 bridgehead atoms. The van der Waals surface area contributed by atoms with Gasteiger partial charge in [0.1, 0.15) is 0 Å². The first-order chi connectivity index (χ1) is 14.8. The maximum absolute atomic E-state index is 12.4. The molecule has 0 aliphatic rings. The molecule has 30 heavy (non-hydrogen) atoms. The lowest BCUT2D eigenvalue weighted by molar-refractivity contribution is 0.0590. The number of carbonyl (C=O) groups is 1. The van der Waals surface area contributed by atoms with Crippen LogP contribution >= 0.6 is 11.3 Å². The van der Waals surface area contributed by atoms with Gasteiger partial charge in [-0.15, -0.1) is 11.3 Å². The van der Waals surface area contributed by atoms with Crippen LogP contribution in [0.15, 0.2) is 90.3 Å².